The fraction of sp³-hybridized carbons (Fsp3) is 0.478. The highest BCUT2D eigenvalue weighted by molar-refractivity contribution is 6.00. The Morgan fingerprint density at radius 2 is 2.09 bits per heavy atom. The highest BCUT2D eigenvalue weighted by atomic mass is 16.5. The van der Waals surface area contributed by atoms with Crippen LogP contribution in [0.5, 0.6) is 0 Å². The number of pyridine rings is 1. The number of fused-ring (bicyclic) bond motifs is 1. The summed E-state index contributed by atoms with van der Waals surface area (Å²) >= 11 is 0. The van der Waals surface area contributed by atoms with E-state index in [1.807, 2.05) is 12.3 Å². The summed E-state index contributed by atoms with van der Waals surface area (Å²) in [6.45, 7) is 0. The number of carbonyl (C=O) groups is 1. The van der Waals surface area contributed by atoms with E-state index in [1.165, 1.54) is 6.20 Å². The zero-order valence-corrected chi connectivity index (χ0v) is 18.9. The SMILES string of the molecule is CNc1cc(Nc2cccn([C@@H]3CCC[C@@H](OC)C3)c2=O)nc2c(C(=O)NC3CC3)cnn12. The second-order valence-corrected chi connectivity index (χ2v) is 8.76. The Bertz CT molecular complexity index is 1230. The molecule has 2 atom stereocenters. The number of nitrogens with one attached hydrogen (secondary N) is 3. The third-order valence-electron chi connectivity index (χ3n) is 6.45. The molecule has 2 aliphatic carbocycles. The number of carbonyl (C=O) groups excluding carboxylic acids is 1. The van der Waals surface area contributed by atoms with Crippen LogP contribution in [0.15, 0.2) is 35.4 Å². The molecule has 10 nitrogen and oxygen atoms in total. The van der Waals surface area contributed by atoms with Crippen molar-refractivity contribution in [2.24, 2.45) is 0 Å². The summed E-state index contributed by atoms with van der Waals surface area (Å²) in [6, 6.07) is 5.72. The number of methoxy groups -OCH3 is 1. The lowest BCUT2D eigenvalue weighted by atomic mass is 9.92. The van der Waals surface area contributed by atoms with Crippen LogP contribution in [0.1, 0.15) is 54.9 Å². The molecule has 2 saturated carbocycles. The molecule has 2 aliphatic rings. The maximum atomic E-state index is 13.3. The van der Waals surface area contributed by atoms with Gasteiger partial charge >= 0.3 is 0 Å². The van der Waals surface area contributed by atoms with Crippen molar-refractivity contribution in [2.75, 3.05) is 24.8 Å². The highest BCUT2D eigenvalue weighted by Crippen LogP contribution is 2.29. The van der Waals surface area contributed by atoms with Gasteiger partial charge in [-0.1, -0.05) is 0 Å². The molecule has 174 valence electrons. The molecule has 0 saturated heterocycles. The predicted octanol–water partition coefficient (Wildman–Crippen LogP) is 2.70. The maximum absolute atomic E-state index is 13.3. The third kappa shape index (κ3) is 4.30. The molecule has 3 N–H and O–H groups in total. The molecule has 1 amide bonds. The van der Waals surface area contributed by atoms with Crippen molar-refractivity contribution in [3.05, 3.63) is 46.5 Å². The number of nitrogens with zero attached hydrogens (tertiary/aromatic N) is 4. The van der Waals surface area contributed by atoms with Crippen molar-refractivity contribution in [1.82, 2.24) is 24.5 Å². The summed E-state index contributed by atoms with van der Waals surface area (Å²) < 4.78 is 8.91. The van der Waals surface area contributed by atoms with Gasteiger partial charge in [0.25, 0.3) is 11.5 Å². The van der Waals surface area contributed by atoms with Crippen molar-refractivity contribution in [1.29, 1.82) is 0 Å². The number of aromatic nitrogens is 4. The van der Waals surface area contributed by atoms with Crippen LogP contribution in [0.2, 0.25) is 0 Å². The monoisotopic (exact) mass is 451 g/mol. The Hall–Kier alpha value is -3.40. The predicted molar refractivity (Wildman–Crippen MR) is 125 cm³/mol. The minimum atomic E-state index is -0.189. The molecule has 3 aromatic rings. The maximum Gasteiger partial charge on any atom is 0.274 e. The smallest absolute Gasteiger partial charge is 0.274 e. The molecule has 0 bridgehead atoms. The van der Waals surface area contributed by atoms with E-state index in [0.29, 0.717) is 28.5 Å². The van der Waals surface area contributed by atoms with Gasteiger partial charge in [-0.2, -0.15) is 9.61 Å². The number of amides is 1. The van der Waals surface area contributed by atoms with Crippen LogP contribution < -0.4 is 21.5 Å². The third-order valence-corrected chi connectivity index (χ3v) is 6.45. The molecule has 0 aromatic carbocycles. The summed E-state index contributed by atoms with van der Waals surface area (Å²) in [6.07, 6.45) is 9.37. The zero-order chi connectivity index (χ0) is 22.9. The Balaban J connectivity index is 1.46. The molecular formula is C23H29N7O3. The second-order valence-electron chi connectivity index (χ2n) is 8.76. The summed E-state index contributed by atoms with van der Waals surface area (Å²) in [5, 5.41) is 13.5. The van der Waals surface area contributed by atoms with Crippen LogP contribution in [-0.2, 0) is 4.74 Å². The van der Waals surface area contributed by atoms with Crippen LogP contribution in [0.4, 0.5) is 17.3 Å². The van der Waals surface area contributed by atoms with Crippen LogP contribution >= 0.6 is 0 Å². The molecular weight excluding hydrogens is 422 g/mol. The fourth-order valence-electron chi connectivity index (χ4n) is 4.47. The number of anilines is 3. The van der Waals surface area contributed by atoms with Crippen molar-refractivity contribution in [3.8, 4) is 0 Å². The lowest BCUT2D eigenvalue weighted by molar-refractivity contribution is 0.0525. The molecule has 0 spiro atoms. The van der Waals surface area contributed by atoms with Crippen LogP contribution in [0.25, 0.3) is 5.65 Å². The van der Waals surface area contributed by atoms with Crippen LogP contribution in [0, 0.1) is 0 Å². The molecule has 0 radical (unpaired) electrons. The lowest BCUT2D eigenvalue weighted by Crippen LogP contribution is -2.31. The van der Waals surface area contributed by atoms with Crippen LogP contribution in [0.3, 0.4) is 0 Å². The zero-order valence-electron chi connectivity index (χ0n) is 18.9. The molecule has 5 rings (SSSR count). The number of rotatable bonds is 7. The first-order valence-corrected chi connectivity index (χ1v) is 11.5. The van der Waals surface area contributed by atoms with E-state index in [4.69, 9.17) is 4.74 Å². The Labute approximate surface area is 191 Å². The van der Waals surface area contributed by atoms with Gasteiger partial charge in [0, 0.05) is 38.5 Å². The van der Waals surface area contributed by atoms with Gasteiger partial charge in [-0.15, -0.1) is 0 Å². The first-order valence-electron chi connectivity index (χ1n) is 11.5. The summed E-state index contributed by atoms with van der Waals surface area (Å²) in [7, 11) is 3.50. The minimum absolute atomic E-state index is 0.104. The highest BCUT2D eigenvalue weighted by Gasteiger charge is 2.27. The molecule has 10 heteroatoms. The Kier molecular flexibility index (Phi) is 5.76. The molecule has 3 heterocycles. The van der Waals surface area contributed by atoms with Gasteiger partial charge in [0.15, 0.2) is 5.65 Å². The molecule has 3 aromatic heterocycles. The van der Waals surface area contributed by atoms with E-state index in [0.717, 1.165) is 38.5 Å². The average molecular weight is 452 g/mol. The van der Waals surface area contributed by atoms with Crippen LogP contribution in [-0.4, -0.2) is 51.4 Å². The van der Waals surface area contributed by atoms with Gasteiger partial charge in [-0.05, 0) is 50.7 Å². The number of hydrogen-bond acceptors (Lipinski definition) is 7. The van der Waals surface area contributed by atoms with E-state index in [1.54, 1.807) is 35.4 Å². The molecule has 33 heavy (non-hydrogen) atoms. The van der Waals surface area contributed by atoms with Crippen molar-refractivity contribution in [2.45, 2.75) is 56.7 Å². The summed E-state index contributed by atoms with van der Waals surface area (Å²) in [4.78, 5) is 30.5. The second kappa shape index (κ2) is 8.86. The first kappa shape index (κ1) is 21.4. The van der Waals surface area contributed by atoms with Gasteiger partial charge in [-0.3, -0.25) is 9.59 Å². The molecule has 0 unspecified atom stereocenters. The Morgan fingerprint density at radius 1 is 1.24 bits per heavy atom. The van der Waals surface area contributed by atoms with E-state index in [9.17, 15) is 9.59 Å². The van der Waals surface area contributed by atoms with E-state index >= 15 is 0 Å². The lowest BCUT2D eigenvalue weighted by Gasteiger charge is -2.29. The summed E-state index contributed by atoms with van der Waals surface area (Å²) in [5.41, 5.74) is 1.15. The quantitative estimate of drug-likeness (QED) is 0.506. The average Bonchev–Trinajstić information content (AvgIpc) is 3.54. The summed E-state index contributed by atoms with van der Waals surface area (Å²) in [5.74, 6) is 0.923. The van der Waals surface area contributed by atoms with Crippen molar-refractivity contribution in [3.63, 3.8) is 0 Å². The normalized spacial score (nSPS) is 20.5. The minimum Gasteiger partial charge on any atom is -0.381 e. The largest absolute Gasteiger partial charge is 0.381 e. The standard InChI is InChI=1S/C23H29N7O3/c1-24-20-12-19(28-21-17(13-25-30(20)21)22(31)26-14-8-9-14)27-18-7-4-10-29(23(18)32)15-5-3-6-16(11-15)33-2/h4,7,10,12-16,24H,3,5-6,8-9,11H2,1-2H3,(H,26,31)(H,27,28)/t15-,16-/m1/s1. The molecule has 0 aliphatic heterocycles. The first-order chi connectivity index (χ1) is 16.1. The van der Waals surface area contributed by atoms with Gasteiger partial charge in [0.05, 0.1) is 12.3 Å². The van der Waals surface area contributed by atoms with Gasteiger partial charge in [0.2, 0.25) is 0 Å². The van der Waals surface area contributed by atoms with E-state index < -0.39 is 0 Å². The van der Waals surface area contributed by atoms with Gasteiger partial charge in [0.1, 0.15) is 22.9 Å². The van der Waals surface area contributed by atoms with E-state index in [-0.39, 0.29) is 29.7 Å². The number of hydrogen-bond donors (Lipinski definition) is 3. The topological polar surface area (TPSA) is 115 Å². The number of ether oxygens (including phenoxy) is 1. The van der Waals surface area contributed by atoms with Gasteiger partial charge in [-0.25, -0.2) is 4.98 Å². The van der Waals surface area contributed by atoms with Crippen molar-refractivity contribution < 1.29 is 9.53 Å². The van der Waals surface area contributed by atoms with E-state index in [2.05, 4.69) is 26.0 Å². The van der Waals surface area contributed by atoms with Crippen molar-refractivity contribution >= 4 is 28.9 Å². The van der Waals surface area contributed by atoms with Gasteiger partial charge < -0.3 is 25.3 Å². The molecule has 2 fully saturated rings. The Morgan fingerprint density at radius 3 is 2.85 bits per heavy atom. The fourth-order valence-corrected chi connectivity index (χ4v) is 4.47.